The molecule has 0 aliphatic rings. The molecule has 0 heterocycles. The van der Waals surface area contributed by atoms with Crippen LogP contribution in [0.15, 0.2) is 4.99 Å². The van der Waals surface area contributed by atoms with Gasteiger partial charge < -0.3 is 0 Å². The minimum atomic E-state index is -1.01. The molecule has 0 saturated carbocycles. The number of hydrogen-bond acceptors (Lipinski definition) is 3. The summed E-state index contributed by atoms with van der Waals surface area (Å²) < 4.78 is 9.92. The van der Waals surface area contributed by atoms with Crippen LogP contribution in [-0.2, 0) is 9.50 Å². The maximum atomic E-state index is 10.6. The fourth-order valence-electron chi connectivity index (χ4n) is 0.779. The summed E-state index contributed by atoms with van der Waals surface area (Å²) in [6.07, 6.45) is 0.976. The van der Waals surface area contributed by atoms with Crippen molar-refractivity contribution in [2.24, 2.45) is 10.4 Å². The van der Waals surface area contributed by atoms with Crippen molar-refractivity contribution in [2.75, 3.05) is 0 Å². The van der Waals surface area contributed by atoms with Crippen LogP contribution in [0.1, 0.15) is 20.8 Å². The van der Waals surface area contributed by atoms with Crippen LogP contribution in [-0.4, -0.2) is 30.4 Å². The molecular formula is C7H12BNO3. The number of hydrogen-bond donors (Lipinski definition) is 1. The Morgan fingerprint density at radius 2 is 2.08 bits per heavy atom. The summed E-state index contributed by atoms with van der Waals surface area (Å²) in [6.45, 7) is 5.27. The van der Waals surface area contributed by atoms with Gasteiger partial charge in [-0.15, -0.1) is 0 Å². The number of aliphatic imine (C=N–C) groups is 1. The van der Waals surface area contributed by atoms with Crippen molar-refractivity contribution in [3.63, 3.8) is 0 Å². The first kappa shape index (κ1) is 11.0. The molecule has 0 radical (unpaired) electrons. The second kappa shape index (κ2) is 4.14. The van der Waals surface area contributed by atoms with Crippen LogP contribution >= 0.6 is 0 Å². The van der Waals surface area contributed by atoms with Crippen LogP contribution in [0.5, 0.6) is 0 Å². The second-order valence-corrected chi connectivity index (χ2v) is 3.54. The molecule has 0 amide bonds. The Morgan fingerprint density at radius 1 is 1.58 bits per heavy atom. The molecule has 0 spiro atoms. The van der Waals surface area contributed by atoms with Gasteiger partial charge >= 0.3 is 71.1 Å². The van der Waals surface area contributed by atoms with E-state index in [9.17, 15) is 9.50 Å². The number of nitrogens with zero attached hydrogens (tertiary/aromatic N) is 1. The third-order valence-corrected chi connectivity index (χ3v) is 1.35. The van der Waals surface area contributed by atoms with Crippen LogP contribution in [0, 0.1) is 5.41 Å². The predicted octanol–water partition coefficient (Wildman–Crippen LogP) is 0.564. The normalized spacial score (nSPS) is 14.2. The Kier molecular flexibility index (Phi) is 3.79. The van der Waals surface area contributed by atoms with Crippen molar-refractivity contribution < 1.29 is 14.6 Å². The third kappa shape index (κ3) is 3.41. The second-order valence-electron chi connectivity index (χ2n) is 3.54. The first-order chi connectivity index (χ1) is 5.39. The number of carboxylic acid groups (broad SMARTS) is 1. The molecule has 0 aliphatic heterocycles. The van der Waals surface area contributed by atoms with Crippen LogP contribution < -0.4 is 0 Å². The molecule has 1 atom stereocenters. The van der Waals surface area contributed by atoms with Crippen LogP contribution in [0.25, 0.3) is 0 Å². The zero-order valence-electron chi connectivity index (χ0n) is 7.44. The van der Waals surface area contributed by atoms with Gasteiger partial charge in [0.25, 0.3) is 0 Å². The molecule has 0 aromatic heterocycles. The van der Waals surface area contributed by atoms with Crippen LogP contribution in [0.2, 0.25) is 0 Å². The zero-order valence-corrected chi connectivity index (χ0v) is 7.44. The van der Waals surface area contributed by atoms with Gasteiger partial charge in [0.2, 0.25) is 0 Å². The molecule has 4 nitrogen and oxygen atoms in total. The molecule has 12 heavy (non-hydrogen) atoms. The van der Waals surface area contributed by atoms with E-state index >= 15 is 0 Å². The maximum absolute atomic E-state index is 10.6. The SMILES string of the molecule is CC(C)(C)C(N=CB=O)C(=O)O. The zero-order chi connectivity index (χ0) is 9.78. The molecule has 1 N–H and O–H groups in total. The summed E-state index contributed by atoms with van der Waals surface area (Å²) in [7, 11) is 0.474. The summed E-state index contributed by atoms with van der Waals surface area (Å²) in [5, 5.41) is 8.71. The Morgan fingerprint density at radius 3 is 2.33 bits per heavy atom. The molecule has 0 saturated heterocycles. The fourth-order valence-corrected chi connectivity index (χ4v) is 0.779. The minimum absolute atomic E-state index is 0.467. The van der Waals surface area contributed by atoms with E-state index in [2.05, 4.69) is 4.99 Å². The van der Waals surface area contributed by atoms with Crippen LogP contribution in [0.3, 0.4) is 0 Å². The standard InChI is InChI=1S/C7H12BNO3/c1-7(2,3)5(6(10)11)9-4-8-12/h4-5H,1-3H3,(H,10,11). The molecule has 0 aromatic rings. The van der Waals surface area contributed by atoms with E-state index in [1.807, 2.05) is 0 Å². The first-order valence-electron chi connectivity index (χ1n) is 3.59. The molecular weight excluding hydrogens is 157 g/mol. The van der Waals surface area contributed by atoms with Gasteiger partial charge in [-0.25, -0.2) is 0 Å². The van der Waals surface area contributed by atoms with E-state index in [4.69, 9.17) is 5.11 Å². The number of aliphatic carboxylic acids is 1. The Balaban J connectivity index is 4.56. The average molecular weight is 169 g/mol. The molecule has 0 rings (SSSR count). The fraction of sp³-hybridized carbons (Fsp3) is 0.714. The average Bonchev–Trinajstić information content (AvgIpc) is 1.84. The molecule has 5 heteroatoms. The van der Waals surface area contributed by atoms with Gasteiger partial charge in [-0.2, -0.15) is 0 Å². The Bertz CT molecular complexity index is 207. The molecule has 1 unspecified atom stereocenters. The summed E-state index contributed by atoms with van der Waals surface area (Å²) in [5.41, 5.74) is -0.467. The van der Waals surface area contributed by atoms with Crippen molar-refractivity contribution in [1.82, 2.24) is 0 Å². The van der Waals surface area contributed by atoms with E-state index in [1.54, 1.807) is 20.8 Å². The van der Waals surface area contributed by atoms with Crippen molar-refractivity contribution in [2.45, 2.75) is 26.8 Å². The van der Waals surface area contributed by atoms with E-state index in [1.165, 1.54) is 0 Å². The molecule has 0 aromatic carbocycles. The van der Waals surface area contributed by atoms with Gasteiger partial charge in [0.1, 0.15) is 0 Å². The molecule has 66 valence electrons. The van der Waals surface area contributed by atoms with E-state index in [0.29, 0.717) is 7.15 Å². The summed E-state index contributed by atoms with van der Waals surface area (Å²) in [5.74, 6) is -1.01. The Labute approximate surface area is 71.9 Å². The number of rotatable bonds is 3. The van der Waals surface area contributed by atoms with Crippen LogP contribution in [0.4, 0.5) is 0 Å². The van der Waals surface area contributed by atoms with Crippen molar-refractivity contribution in [3.8, 4) is 0 Å². The third-order valence-electron chi connectivity index (χ3n) is 1.35. The van der Waals surface area contributed by atoms with Gasteiger partial charge in [-0.3, -0.25) is 0 Å². The summed E-state index contributed by atoms with van der Waals surface area (Å²) in [6, 6.07) is -0.859. The van der Waals surface area contributed by atoms with Crippen molar-refractivity contribution in [1.29, 1.82) is 0 Å². The quantitative estimate of drug-likeness (QED) is 0.495. The summed E-state index contributed by atoms with van der Waals surface area (Å²) in [4.78, 5) is 14.2. The molecule has 0 fully saturated rings. The monoisotopic (exact) mass is 169 g/mol. The number of carbonyl (C=O) groups is 1. The van der Waals surface area contributed by atoms with Gasteiger partial charge in [0.15, 0.2) is 0 Å². The first-order valence-corrected chi connectivity index (χ1v) is 3.59. The number of carboxylic acids is 1. The summed E-state index contributed by atoms with van der Waals surface area (Å²) >= 11 is 0. The van der Waals surface area contributed by atoms with E-state index in [0.717, 1.165) is 6.11 Å². The van der Waals surface area contributed by atoms with Crippen molar-refractivity contribution >= 4 is 19.2 Å². The van der Waals surface area contributed by atoms with Crippen molar-refractivity contribution in [3.05, 3.63) is 0 Å². The molecule has 0 bridgehead atoms. The van der Waals surface area contributed by atoms with Gasteiger partial charge in [0, 0.05) is 0 Å². The van der Waals surface area contributed by atoms with Gasteiger partial charge in [-0.1, -0.05) is 0 Å². The predicted molar refractivity (Wildman–Crippen MR) is 45.8 cm³/mol. The van der Waals surface area contributed by atoms with E-state index in [-0.39, 0.29) is 0 Å². The van der Waals surface area contributed by atoms with Gasteiger partial charge in [-0.05, 0) is 0 Å². The Hall–Kier alpha value is -0.995. The topological polar surface area (TPSA) is 66.7 Å². The molecule has 0 aliphatic carbocycles. The van der Waals surface area contributed by atoms with Gasteiger partial charge in [0.05, 0.1) is 0 Å². The van der Waals surface area contributed by atoms with E-state index < -0.39 is 17.4 Å².